The highest BCUT2D eigenvalue weighted by atomic mass is 16.5. The van der Waals surface area contributed by atoms with Gasteiger partial charge in [0.2, 0.25) is 0 Å². The fourth-order valence-electron chi connectivity index (χ4n) is 2.80. The van der Waals surface area contributed by atoms with Crippen molar-refractivity contribution < 1.29 is 4.74 Å². The lowest BCUT2D eigenvalue weighted by atomic mass is 9.84. The largest absolute Gasteiger partial charge is 0.375 e. The minimum atomic E-state index is -0.00322. The quantitative estimate of drug-likeness (QED) is 0.735. The molecule has 3 fully saturated rings. The summed E-state index contributed by atoms with van der Waals surface area (Å²) in [6.45, 7) is 12.0. The predicted molar refractivity (Wildman–Crippen MR) is 66.7 cm³/mol. The van der Waals surface area contributed by atoms with E-state index in [0.717, 1.165) is 19.1 Å². The molecular weight excluding hydrogens is 200 g/mol. The third-order valence-electron chi connectivity index (χ3n) is 3.70. The van der Waals surface area contributed by atoms with Gasteiger partial charge in [0.1, 0.15) is 0 Å². The van der Waals surface area contributed by atoms with E-state index in [4.69, 9.17) is 4.74 Å². The molecule has 0 aliphatic carbocycles. The summed E-state index contributed by atoms with van der Waals surface area (Å²) in [6, 6.07) is 0.714. The van der Waals surface area contributed by atoms with Crippen LogP contribution < -0.4 is 5.32 Å². The first kappa shape index (κ1) is 12.3. The molecule has 0 saturated carbocycles. The molecule has 1 N–H and O–H groups in total. The zero-order chi connectivity index (χ0) is 11.6. The van der Waals surface area contributed by atoms with Crippen LogP contribution in [0.15, 0.2) is 0 Å². The maximum absolute atomic E-state index is 5.72. The molecule has 94 valence electrons. The van der Waals surface area contributed by atoms with Gasteiger partial charge in [-0.25, -0.2) is 0 Å². The van der Waals surface area contributed by atoms with Crippen LogP contribution in [0, 0.1) is 5.92 Å². The summed E-state index contributed by atoms with van der Waals surface area (Å²) in [7, 11) is 0. The van der Waals surface area contributed by atoms with Crippen molar-refractivity contribution in [3.63, 3.8) is 0 Å². The first-order chi connectivity index (χ1) is 7.54. The number of rotatable bonds is 4. The fourth-order valence-corrected chi connectivity index (χ4v) is 2.80. The van der Waals surface area contributed by atoms with Gasteiger partial charge in [-0.3, -0.25) is 0 Å². The molecule has 3 heteroatoms. The Morgan fingerprint density at radius 3 is 2.44 bits per heavy atom. The zero-order valence-corrected chi connectivity index (χ0v) is 11.0. The molecule has 0 aromatic carbocycles. The molecule has 1 unspecified atom stereocenters. The van der Waals surface area contributed by atoms with E-state index in [1.807, 2.05) is 0 Å². The number of hydrogen-bond donors (Lipinski definition) is 1. The molecule has 3 heterocycles. The van der Waals surface area contributed by atoms with Crippen LogP contribution in [-0.2, 0) is 4.74 Å². The third kappa shape index (κ3) is 3.44. The lowest BCUT2D eigenvalue weighted by Crippen LogP contribution is -2.56. The highest BCUT2D eigenvalue weighted by Crippen LogP contribution is 2.27. The monoisotopic (exact) mass is 226 g/mol. The van der Waals surface area contributed by atoms with E-state index >= 15 is 0 Å². The van der Waals surface area contributed by atoms with Gasteiger partial charge in [-0.05, 0) is 52.6 Å². The maximum atomic E-state index is 5.72. The van der Waals surface area contributed by atoms with E-state index in [9.17, 15) is 0 Å². The van der Waals surface area contributed by atoms with Crippen LogP contribution in [0.5, 0.6) is 0 Å². The van der Waals surface area contributed by atoms with Gasteiger partial charge in [-0.15, -0.1) is 0 Å². The molecule has 3 nitrogen and oxygen atoms in total. The molecule has 3 saturated heterocycles. The molecule has 0 amide bonds. The van der Waals surface area contributed by atoms with Gasteiger partial charge in [-0.2, -0.15) is 0 Å². The minimum absolute atomic E-state index is 0.00322. The molecule has 3 rings (SSSR count). The summed E-state index contributed by atoms with van der Waals surface area (Å²) in [5.74, 6) is 0.916. The van der Waals surface area contributed by atoms with E-state index in [1.165, 1.54) is 32.5 Å². The molecule has 3 aliphatic heterocycles. The zero-order valence-electron chi connectivity index (χ0n) is 11.0. The number of nitrogens with one attached hydrogen (secondary N) is 1. The van der Waals surface area contributed by atoms with Crippen LogP contribution in [0.4, 0.5) is 0 Å². The Labute approximate surface area is 99.5 Å². The van der Waals surface area contributed by atoms with Crippen molar-refractivity contribution in [2.45, 2.75) is 45.3 Å². The second kappa shape index (κ2) is 5.03. The Bertz CT molecular complexity index is 216. The van der Waals surface area contributed by atoms with Crippen LogP contribution in [0.25, 0.3) is 0 Å². The molecule has 3 aliphatic rings. The minimum Gasteiger partial charge on any atom is -0.375 e. The molecular formula is C13H26N2O. The van der Waals surface area contributed by atoms with Crippen molar-refractivity contribution in [3.8, 4) is 0 Å². The van der Waals surface area contributed by atoms with E-state index in [1.54, 1.807) is 0 Å². The van der Waals surface area contributed by atoms with Crippen molar-refractivity contribution in [1.29, 1.82) is 0 Å². The molecule has 0 radical (unpaired) electrons. The second-order valence-electron chi connectivity index (χ2n) is 6.16. The predicted octanol–water partition coefficient (Wildman–Crippen LogP) is 1.49. The van der Waals surface area contributed by atoms with Crippen molar-refractivity contribution in [2.24, 2.45) is 5.92 Å². The van der Waals surface area contributed by atoms with Gasteiger partial charge < -0.3 is 15.0 Å². The Balaban J connectivity index is 1.63. The highest BCUT2D eigenvalue weighted by Gasteiger charge is 2.33. The standard InChI is InChI=1S/C13H26N2O/c1-13(2,3)16-9-6-14-12-10-15-7-4-11(12)5-8-15/h11-12,14H,4-10H2,1-3H3. The van der Waals surface area contributed by atoms with Gasteiger partial charge in [0, 0.05) is 19.1 Å². The van der Waals surface area contributed by atoms with E-state index < -0.39 is 0 Å². The summed E-state index contributed by atoms with van der Waals surface area (Å²) in [5.41, 5.74) is -0.00322. The molecule has 0 spiro atoms. The molecule has 1 atom stereocenters. The van der Waals surface area contributed by atoms with Crippen LogP contribution in [0.1, 0.15) is 33.6 Å². The van der Waals surface area contributed by atoms with E-state index in [2.05, 4.69) is 31.0 Å². The van der Waals surface area contributed by atoms with Crippen molar-refractivity contribution >= 4 is 0 Å². The smallest absolute Gasteiger partial charge is 0.0599 e. The van der Waals surface area contributed by atoms with Crippen molar-refractivity contribution in [3.05, 3.63) is 0 Å². The average molecular weight is 226 g/mol. The molecule has 16 heavy (non-hydrogen) atoms. The lowest BCUT2D eigenvalue weighted by Gasteiger charge is -2.45. The Hall–Kier alpha value is -0.120. The highest BCUT2D eigenvalue weighted by molar-refractivity contribution is 4.90. The van der Waals surface area contributed by atoms with Gasteiger partial charge in [0.05, 0.1) is 12.2 Å². The first-order valence-corrected chi connectivity index (χ1v) is 6.64. The van der Waals surface area contributed by atoms with Gasteiger partial charge >= 0.3 is 0 Å². The molecule has 0 aromatic rings. The van der Waals surface area contributed by atoms with Crippen molar-refractivity contribution in [2.75, 3.05) is 32.8 Å². The maximum Gasteiger partial charge on any atom is 0.0599 e. The molecule has 2 bridgehead atoms. The second-order valence-corrected chi connectivity index (χ2v) is 6.16. The number of nitrogens with zero attached hydrogens (tertiary/aromatic N) is 1. The van der Waals surface area contributed by atoms with Crippen LogP contribution in [-0.4, -0.2) is 49.3 Å². The number of piperidine rings is 3. The number of ether oxygens (including phenoxy) is 1. The number of fused-ring (bicyclic) bond motifs is 3. The molecule has 0 aromatic heterocycles. The van der Waals surface area contributed by atoms with Gasteiger partial charge in [0.25, 0.3) is 0 Å². The van der Waals surface area contributed by atoms with Crippen LogP contribution in [0.2, 0.25) is 0 Å². The van der Waals surface area contributed by atoms with Crippen LogP contribution in [0.3, 0.4) is 0 Å². The van der Waals surface area contributed by atoms with Crippen molar-refractivity contribution in [1.82, 2.24) is 10.2 Å². The van der Waals surface area contributed by atoms with E-state index in [-0.39, 0.29) is 5.60 Å². The fraction of sp³-hybridized carbons (Fsp3) is 1.00. The topological polar surface area (TPSA) is 24.5 Å². The number of hydrogen-bond acceptors (Lipinski definition) is 3. The average Bonchev–Trinajstić information content (AvgIpc) is 2.25. The lowest BCUT2D eigenvalue weighted by molar-refractivity contribution is -0.00579. The Morgan fingerprint density at radius 1 is 1.25 bits per heavy atom. The van der Waals surface area contributed by atoms with Crippen LogP contribution >= 0.6 is 0 Å². The summed E-state index contributed by atoms with van der Waals surface area (Å²) in [4.78, 5) is 2.59. The summed E-state index contributed by atoms with van der Waals surface area (Å²) >= 11 is 0. The first-order valence-electron chi connectivity index (χ1n) is 6.64. The van der Waals surface area contributed by atoms with Gasteiger partial charge in [-0.1, -0.05) is 0 Å². The Morgan fingerprint density at radius 2 is 1.94 bits per heavy atom. The Kier molecular flexibility index (Phi) is 3.88. The summed E-state index contributed by atoms with van der Waals surface area (Å²) in [6.07, 6.45) is 2.77. The van der Waals surface area contributed by atoms with E-state index in [0.29, 0.717) is 6.04 Å². The third-order valence-corrected chi connectivity index (χ3v) is 3.70. The van der Waals surface area contributed by atoms with Gasteiger partial charge in [0.15, 0.2) is 0 Å². The summed E-state index contributed by atoms with van der Waals surface area (Å²) in [5, 5.41) is 3.66. The normalized spacial score (nSPS) is 34.3. The summed E-state index contributed by atoms with van der Waals surface area (Å²) < 4.78 is 5.72. The SMILES string of the molecule is CC(C)(C)OCCNC1CN2CCC1CC2.